The van der Waals surface area contributed by atoms with Gasteiger partial charge in [-0.25, -0.2) is 5.84 Å². The Hall–Kier alpha value is -2.49. The summed E-state index contributed by atoms with van der Waals surface area (Å²) in [7, 11) is 0. The van der Waals surface area contributed by atoms with Crippen molar-refractivity contribution in [1.29, 1.82) is 0 Å². The third-order valence-corrected chi connectivity index (χ3v) is 2.37. The lowest BCUT2D eigenvalue weighted by molar-refractivity contribution is -0.137. The van der Waals surface area contributed by atoms with Gasteiger partial charge in [-0.05, 0) is 11.3 Å². The number of rotatable bonds is 3. The normalized spacial score (nSPS) is 11.4. The minimum atomic E-state index is -4.53. The number of carbonyl (C=O) groups excluding carboxylic acids is 1. The van der Waals surface area contributed by atoms with Crippen LogP contribution in [0.15, 0.2) is 24.3 Å². The number of benzene rings is 1. The fourth-order valence-electron chi connectivity index (χ4n) is 1.52. The van der Waals surface area contributed by atoms with Crippen LogP contribution in [-0.4, -0.2) is 26.1 Å². The van der Waals surface area contributed by atoms with Gasteiger partial charge in [0.2, 0.25) is 5.82 Å². The van der Waals surface area contributed by atoms with Gasteiger partial charge in [0.25, 0.3) is 5.91 Å². The van der Waals surface area contributed by atoms with Gasteiger partial charge in [-0.15, -0.1) is 10.2 Å². The van der Waals surface area contributed by atoms with Crippen molar-refractivity contribution in [1.82, 2.24) is 25.6 Å². The van der Waals surface area contributed by atoms with Gasteiger partial charge in [0, 0.05) is 5.56 Å². The first-order valence-corrected chi connectivity index (χ1v) is 5.35. The van der Waals surface area contributed by atoms with E-state index in [1.54, 1.807) is 0 Å². The number of nitrogens with two attached hydrogens (primary N) is 1. The summed E-state index contributed by atoms with van der Waals surface area (Å²) in [6, 6.07) is 4.84. The lowest BCUT2D eigenvalue weighted by Gasteiger charge is -2.09. The minimum Gasteiger partial charge on any atom is -0.293 e. The van der Waals surface area contributed by atoms with E-state index < -0.39 is 17.6 Å². The van der Waals surface area contributed by atoms with E-state index in [0.717, 1.165) is 10.9 Å². The van der Waals surface area contributed by atoms with E-state index in [9.17, 15) is 18.0 Å². The van der Waals surface area contributed by atoms with Crippen LogP contribution in [0.4, 0.5) is 13.2 Å². The second-order valence-electron chi connectivity index (χ2n) is 3.75. The second kappa shape index (κ2) is 5.25. The number of carbonyl (C=O) groups is 1. The zero-order valence-corrected chi connectivity index (χ0v) is 9.92. The number of hydrogen-bond acceptors (Lipinski definition) is 5. The maximum atomic E-state index is 12.8. The molecule has 0 fully saturated rings. The van der Waals surface area contributed by atoms with E-state index in [1.807, 2.05) is 5.43 Å². The van der Waals surface area contributed by atoms with Crippen LogP contribution in [-0.2, 0) is 17.5 Å². The van der Waals surface area contributed by atoms with Crippen molar-refractivity contribution < 1.29 is 18.0 Å². The molecule has 0 bridgehead atoms. The predicted octanol–water partition coefficient (Wildman–Crippen LogP) is 0.349. The summed E-state index contributed by atoms with van der Waals surface area (Å²) in [5.74, 6) is 4.06. The first-order valence-electron chi connectivity index (χ1n) is 5.35. The molecule has 0 aliphatic carbocycles. The molecule has 1 heterocycles. The van der Waals surface area contributed by atoms with Crippen LogP contribution in [0.1, 0.15) is 5.56 Å². The SMILES string of the molecule is NNC(=O)Cn1nnc(-c2ccccc2C(F)(F)F)n1. The highest BCUT2D eigenvalue weighted by Crippen LogP contribution is 2.35. The van der Waals surface area contributed by atoms with E-state index >= 15 is 0 Å². The van der Waals surface area contributed by atoms with Gasteiger partial charge in [-0.1, -0.05) is 18.2 Å². The zero-order valence-electron chi connectivity index (χ0n) is 9.92. The van der Waals surface area contributed by atoms with Crippen molar-refractivity contribution >= 4 is 5.91 Å². The molecule has 0 radical (unpaired) electrons. The number of aromatic nitrogens is 4. The number of nitrogens with zero attached hydrogens (tertiary/aromatic N) is 4. The van der Waals surface area contributed by atoms with Crippen LogP contribution < -0.4 is 11.3 Å². The Labute approximate surface area is 110 Å². The van der Waals surface area contributed by atoms with Gasteiger partial charge in [-0.3, -0.25) is 10.2 Å². The summed E-state index contributed by atoms with van der Waals surface area (Å²) in [6.07, 6.45) is -4.53. The van der Waals surface area contributed by atoms with Crippen LogP contribution in [0.25, 0.3) is 11.4 Å². The summed E-state index contributed by atoms with van der Waals surface area (Å²) in [5, 5.41) is 10.7. The molecule has 7 nitrogen and oxygen atoms in total. The molecular weight excluding hydrogens is 277 g/mol. The molecule has 1 amide bonds. The minimum absolute atomic E-state index is 0.209. The lowest BCUT2D eigenvalue weighted by atomic mass is 10.1. The van der Waals surface area contributed by atoms with Crippen molar-refractivity contribution in [2.45, 2.75) is 12.7 Å². The van der Waals surface area contributed by atoms with E-state index in [4.69, 9.17) is 5.84 Å². The molecule has 0 saturated heterocycles. The zero-order chi connectivity index (χ0) is 14.8. The molecule has 2 aromatic rings. The number of nitrogens with one attached hydrogen (secondary N) is 1. The van der Waals surface area contributed by atoms with Gasteiger partial charge < -0.3 is 0 Å². The topological polar surface area (TPSA) is 98.7 Å². The summed E-state index contributed by atoms with van der Waals surface area (Å²) in [5.41, 5.74) is 0.769. The standard InChI is InChI=1S/C10H9F3N6O/c11-10(12,13)7-4-2-1-3-6(7)9-16-18-19(17-9)5-8(20)15-14/h1-4H,5,14H2,(H,15,20). The molecule has 2 rings (SSSR count). The van der Waals surface area contributed by atoms with Crippen LogP contribution in [0.3, 0.4) is 0 Å². The van der Waals surface area contributed by atoms with Gasteiger partial charge >= 0.3 is 6.18 Å². The summed E-state index contributed by atoms with van der Waals surface area (Å²) < 4.78 is 38.5. The van der Waals surface area contributed by atoms with Crippen molar-refractivity contribution in [3.63, 3.8) is 0 Å². The fourth-order valence-corrected chi connectivity index (χ4v) is 1.52. The number of hydrazine groups is 1. The van der Waals surface area contributed by atoms with E-state index in [2.05, 4.69) is 15.4 Å². The Morgan fingerprint density at radius 3 is 2.70 bits per heavy atom. The highest BCUT2D eigenvalue weighted by molar-refractivity contribution is 5.74. The number of halogens is 3. The Balaban J connectivity index is 2.36. The molecule has 1 aromatic heterocycles. The average Bonchev–Trinajstić information content (AvgIpc) is 2.86. The Morgan fingerprint density at radius 1 is 1.35 bits per heavy atom. The highest BCUT2D eigenvalue weighted by atomic mass is 19.4. The number of amides is 1. The molecule has 0 atom stereocenters. The van der Waals surface area contributed by atoms with Crippen LogP contribution in [0.5, 0.6) is 0 Å². The number of hydrogen-bond donors (Lipinski definition) is 2. The first kappa shape index (κ1) is 13.9. The van der Waals surface area contributed by atoms with Crippen molar-refractivity contribution in [2.24, 2.45) is 5.84 Å². The predicted molar refractivity (Wildman–Crippen MR) is 60.6 cm³/mol. The quantitative estimate of drug-likeness (QED) is 0.482. The molecule has 0 spiro atoms. The van der Waals surface area contributed by atoms with E-state index in [0.29, 0.717) is 0 Å². The second-order valence-corrected chi connectivity index (χ2v) is 3.75. The molecule has 0 aliphatic heterocycles. The third kappa shape index (κ3) is 2.91. The summed E-state index contributed by atoms with van der Waals surface area (Å²) in [6.45, 7) is -0.336. The molecule has 0 aliphatic rings. The maximum absolute atomic E-state index is 12.8. The Kier molecular flexibility index (Phi) is 3.66. The van der Waals surface area contributed by atoms with Crippen molar-refractivity contribution in [2.75, 3.05) is 0 Å². The third-order valence-electron chi connectivity index (χ3n) is 2.37. The van der Waals surface area contributed by atoms with E-state index in [1.165, 1.54) is 18.2 Å². The summed E-state index contributed by atoms with van der Waals surface area (Å²) >= 11 is 0. The Bertz CT molecular complexity index is 623. The largest absolute Gasteiger partial charge is 0.417 e. The number of alkyl halides is 3. The smallest absolute Gasteiger partial charge is 0.293 e. The average molecular weight is 286 g/mol. The molecular formula is C10H9F3N6O. The monoisotopic (exact) mass is 286 g/mol. The Morgan fingerprint density at radius 2 is 2.05 bits per heavy atom. The van der Waals surface area contributed by atoms with Crippen molar-refractivity contribution in [3.05, 3.63) is 29.8 Å². The summed E-state index contributed by atoms with van der Waals surface area (Å²) in [4.78, 5) is 11.9. The molecule has 20 heavy (non-hydrogen) atoms. The van der Waals surface area contributed by atoms with Crippen molar-refractivity contribution in [3.8, 4) is 11.4 Å². The molecule has 0 unspecified atom stereocenters. The molecule has 1 aromatic carbocycles. The van der Waals surface area contributed by atoms with Crippen LogP contribution in [0.2, 0.25) is 0 Å². The first-order chi connectivity index (χ1) is 9.41. The van der Waals surface area contributed by atoms with Gasteiger partial charge in [0.1, 0.15) is 6.54 Å². The molecule has 3 N–H and O–H groups in total. The van der Waals surface area contributed by atoms with E-state index in [-0.39, 0.29) is 17.9 Å². The van der Waals surface area contributed by atoms with Crippen LogP contribution in [0, 0.1) is 0 Å². The van der Waals surface area contributed by atoms with Gasteiger partial charge in [0.15, 0.2) is 0 Å². The molecule has 0 saturated carbocycles. The van der Waals surface area contributed by atoms with Gasteiger partial charge in [-0.2, -0.15) is 18.0 Å². The maximum Gasteiger partial charge on any atom is 0.417 e. The highest BCUT2D eigenvalue weighted by Gasteiger charge is 2.34. The molecule has 106 valence electrons. The van der Waals surface area contributed by atoms with Gasteiger partial charge in [0.05, 0.1) is 5.56 Å². The number of tetrazole rings is 1. The lowest BCUT2D eigenvalue weighted by Crippen LogP contribution is -2.33. The van der Waals surface area contributed by atoms with Crippen LogP contribution >= 0.6 is 0 Å². The fraction of sp³-hybridized carbons (Fsp3) is 0.200. The molecule has 10 heteroatoms.